The molecule has 0 aliphatic carbocycles. The third-order valence-electron chi connectivity index (χ3n) is 5.01. The summed E-state index contributed by atoms with van der Waals surface area (Å²) in [6.45, 7) is 0.509. The second-order valence-electron chi connectivity index (χ2n) is 7.11. The largest absolute Gasteiger partial charge is 0.443 e. The van der Waals surface area contributed by atoms with Crippen molar-refractivity contribution in [1.29, 1.82) is 0 Å². The quantitative estimate of drug-likeness (QED) is 0.489. The molecule has 4 aromatic carbocycles. The minimum atomic E-state index is -0.640. The Morgan fingerprint density at radius 1 is 0.517 bits per heavy atom. The van der Waals surface area contributed by atoms with Crippen LogP contribution in [0, 0.1) is 0 Å². The molecular weight excluding hydrogens is 355 g/mol. The number of benzene rings is 4. The Hall–Kier alpha value is -3.14. The van der Waals surface area contributed by atoms with E-state index in [0.717, 1.165) is 22.1 Å². The molecule has 0 spiro atoms. The molecule has 0 aliphatic rings. The van der Waals surface area contributed by atoms with E-state index in [4.69, 9.17) is 4.74 Å². The second-order valence-corrected chi connectivity index (χ2v) is 7.11. The topological polar surface area (TPSA) is 29.5 Å². The minimum Gasteiger partial charge on any atom is -0.443 e. The number of hydrogen-bond donors (Lipinski definition) is 1. The maximum atomic E-state index is 10.7. The highest BCUT2D eigenvalue weighted by molar-refractivity contribution is 6.78. The van der Waals surface area contributed by atoms with E-state index in [1.807, 2.05) is 72.8 Å². The molecule has 0 aromatic heterocycles. The van der Waals surface area contributed by atoms with Crippen molar-refractivity contribution in [3.05, 3.63) is 120 Å². The Labute approximate surface area is 172 Å². The molecule has 0 amide bonds. The number of hydrogen-bond acceptors (Lipinski definition) is 2. The van der Waals surface area contributed by atoms with Gasteiger partial charge < -0.3 is 9.76 Å². The van der Waals surface area contributed by atoms with Crippen molar-refractivity contribution in [1.82, 2.24) is 0 Å². The highest BCUT2D eigenvalue weighted by Gasteiger charge is 2.16. The van der Waals surface area contributed by atoms with Gasteiger partial charge in [0.05, 0.1) is 13.2 Å². The average Bonchev–Trinajstić information content (AvgIpc) is 2.80. The number of rotatable bonds is 7. The highest BCUT2D eigenvalue weighted by Crippen LogP contribution is 2.17. The van der Waals surface area contributed by atoms with Crippen molar-refractivity contribution in [2.75, 3.05) is 0 Å². The van der Waals surface area contributed by atoms with Crippen LogP contribution in [0.15, 0.2) is 109 Å². The fraction of sp³-hybridized carbons (Fsp3) is 0.0769. The van der Waals surface area contributed by atoms with Crippen LogP contribution in [0.3, 0.4) is 0 Å². The van der Waals surface area contributed by atoms with Crippen molar-refractivity contribution in [2.24, 2.45) is 0 Å². The van der Waals surface area contributed by atoms with Crippen LogP contribution in [0.1, 0.15) is 11.1 Å². The van der Waals surface area contributed by atoms with E-state index < -0.39 is 6.92 Å². The zero-order valence-corrected chi connectivity index (χ0v) is 16.2. The van der Waals surface area contributed by atoms with Crippen molar-refractivity contribution in [3.8, 4) is 11.1 Å². The lowest BCUT2D eigenvalue weighted by molar-refractivity contribution is 0.107. The Balaban J connectivity index is 1.37. The third-order valence-corrected chi connectivity index (χ3v) is 5.01. The molecule has 0 radical (unpaired) electrons. The summed E-state index contributed by atoms with van der Waals surface area (Å²) >= 11 is 0. The molecule has 0 saturated carbocycles. The SMILES string of the molecule is OB(c1ccc(COCc2ccccc2)cc1)c1ccc(-c2ccccc2)cc1. The second kappa shape index (κ2) is 9.38. The predicted octanol–water partition coefficient (Wildman–Crippen LogP) is 4.17. The molecule has 4 aromatic rings. The Morgan fingerprint density at radius 2 is 0.966 bits per heavy atom. The van der Waals surface area contributed by atoms with Crippen LogP contribution < -0.4 is 10.9 Å². The monoisotopic (exact) mass is 378 g/mol. The average molecular weight is 378 g/mol. The summed E-state index contributed by atoms with van der Waals surface area (Å²) < 4.78 is 5.78. The van der Waals surface area contributed by atoms with E-state index in [-0.39, 0.29) is 0 Å². The van der Waals surface area contributed by atoms with Gasteiger partial charge >= 0.3 is 6.92 Å². The van der Waals surface area contributed by atoms with E-state index in [0.29, 0.717) is 13.2 Å². The van der Waals surface area contributed by atoms with Gasteiger partial charge in [-0.25, -0.2) is 0 Å². The Kier molecular flexibility index (Phi) is 6.20. The third kappa shape index (κ3) is 5.02. The standard InChI is InChI=1S/C26H23BO2/c28-27(26-17-13-24(14-18-26)23-9-5-2-6-10-23)25-15-11-22(12-16-25)20-29-19-21-7-3-1-4-8-21/h1-18,28H,19-20H2. The van der Waals surface area contributed by atoms with Crippen LogP contribution in [0.25, 0.3) is 11.1 Å². The Morgan fingerprint density at radius 3 is 1.55 bits per heavy atom. The van der Waals surface area contributed by atoms with E-state index in [2.05, 4.69) is 36.4 Å². The van der Waals surface area contributed by atoms with Crippen molar-refractivity contribution in [3.63, 3.8) is 0 Å². The molecule has 29 heavy (non-hydrogen) atoms. The van der Waals surface area contributed by atoms with Gasteiger partial charge in [0.25, 0.3) is 0 Å². The molecule has 2 nitrogen and oxygen atoms in total. The van der Waals surface area contributed by atoms with Crippen LogP contribution in [0.2, 0.25) is 0 Å². The van der Waals surface area contributed by atoms with Crippen LogP contribution >= 0.6 is 0 Å². The molecule has 3 heteroatoms. The molecule has 0 heterocycles. The van der Waals surface area contributed by atoms with Crippen LogP contribution in [0.4, 0.5) is 0 Å². The summed E-state index contributed by atoms with van der Waals surface area (Å²) in [5.41, 5.74) is 6.35. The van der Waals surface area contributed by atoms with E-state index >= 15 is 0 Å². The fourth-order valence-electron chi connectivity index (χ4n) is 3.34. The van der Waals surface area contributed by atoms with Gasteiger partial charge in [0, 0.05) is 0 Å². The number of ether oxygens (including phenoxy) is 1. The molecule has 4 rings (SSSR count). The molecule has 1 N–H and O–H groups in total. The summed E-state index contributed by atoms with van der Waals surface area (Å²) in [5.74, 6) is 0. The zero-order chi connectivity index (χ0) is 19.9. The van der Waals surface area contributed by atoms with Gasteiger partial charge in [0.15, 0.2) is 0 Å². The lowest BCUT2D eigenvalue weighted by Gasteiger charge is -2.10. The van der Waals surface area contributed by atoms with Gasteiger partial charge in [-0.15, -0.1) is 0 Å². The maximum Gasteiger partial charge on any atom is 0.358 e. The fourth-order valence-corrected chi connectivity index (χ4v) is 3.34. The predicted molar refractivity (Wildman–Crippen MR) is 120 cm³/mol. The molecule has 142 valence electrons. The Bertz CT molecular complexity index is 1010. The summed E-state index contributed by atoms with van der Waals surface area (Å²) in [6.07, 6.45) is 0. The van der Waals surface area contributed by atoms with Crippen LogP contribution in [-0.4, -0.2) is 11.9 Å². The molecule has 0 atom stereocenters. The van der Waals surface area contributed by atoms with Crippen molar-refractivity contribution >= 4 is 17.8 Å². The lowest BCUT2D eigenvalue weighted by Crippen LogP contribution is -2.42. The van der Waals surface area contributed by atoms with Crippen molar-refractivity contribution in [2.45, 2.75) is 13.2 Å². The summed E-state index contributed by atoms with van der Waals surface area (Å²) in [6, 6.07) is 36.5. The summed E-state index contributed by atoms with van der Waals surface area (Å²) in [7, 11) is 0. The normalized spacial score (nSPS) is 10.7. The smallest absolute Gasteiger partial charge is 0.358 e. The molecule has 0 bridgehead atoms. The van der Waals surface area contributed by atoms with E-state index in [9.17, 15) is 5.02 Å². The first-order chi connectivity index (χ1) is 14.3. The highest BCUT2D eigenvalue weighted by atomic mass is 16.5. The molecule has 0 saturated heterocycles. The minimum absolute atomic E-state index is 0.553. The first kappa shape index (κ1) is 19.2. The van der Waals surface area contributed by atoms with Gasteiger partial charge in [-0.05, 0) is 33.2 Å². The van der Waals surface area contributed by atoms with Gasteiger partial charge in [0.2, 0.25) is 0 Å². The first-order valence-electron chi connectivity index (χ1n) is 9.83. The first-order valence-corrected chi connectivity index (χ1v) is 9.83. The van der Waals surface area contributed by atoms with Gasteiger partial charge in [-0.3, -0.25) is 0 Å². The molecular formula is C26H23BO2. The van der Waals surface area contributed by atoms with Gasteiger partial charge in [-0.1, -0.05) is 109 Å². The molecule has 0 aliphatic heterocycles. The molecule has 0 fully saturated rings. The van der Waals surface area contributed by atoms with Crippen LogP contribution in [-0.2, 0) is 18.0 Å². The summed E-state index contributed by atoms with van der Waals surface area (Å²) in [4.78, 5) is 0. The van der Waals surface area contributed by atoms with Crippen LogP contribution in [0.5, 0.6) is 0 Å². The maximum absolute atomic E-state index is 10.7. The van der Waals surface area contributed by atoms with Gasteiger partial charge in [-0.2, -0.15) is 0 Å². The molecule has 0 unspecified atom stereocenters. The van der Waals surface area contributed by atoms with E-state index in [1.165, 1.54) is 11.1 Å². The van der Waals surface area contributed by atoms with E-state index in [1.54, 1.807) is 0 Å². The zero-order valence-electron chi connectivity index (χ0n) is 16.2. The van der Waals surface area contributed by atoms with Crippen molar-refractivity contribution < 1.29 is 9.76 Å². The van der Waals surface area contributed by atoms with Gasteiger partial charge in [0.1, 0.15) is 0 Å². The lowest BCUT2D eigenvalue weighted by atomic mass is 9.56. The summed E-state index contributed by atoms with van der Waals surface area (Å²) in [5, 5.41) is 10.7.